The third-order valence-electron chi connectivity index (χ3n) is 4.56. The average molecular weight is 367 g/mol. The van der Waals surface area contributed by atoms with Crippen molar-refractivity contribution >= 4 is 34.5 Å². The zero-order chi connectivity index (χ0) is 20.1. The number of hydrogen-bond acceptors (Lipinski definition) is 3. The highest BCUT2D eigenvalue weighted by atomic mass is 14.9. The lowest BCUT2D eigenvalue weighted by Crippen LogP contribution is -2.04. The Labute approximate surface area is 167 Å². The number of nitrogens with one attached hydrogen (secondary N) is 1. The Morgan fingerprint density at radius 2 is 1.82 bits per heavy atom. The average Bonchev–Trinajstić information content (AvgIpc) is 2.69. The Hall–Kier alpha value is -3.59. The molecule has 0 amide bonds. The smallest absolute Gasteiger partial charge is 0.0640 e. The van der Waals surface area contributed by atoms with Gasteiger partial charge in [0.15, 0.2) is 0 Å². The summed E-state index contributed by atoms with van der Waals surface area (Å²) in [7, 11) is 0. The topological polar surface area (TPSA) is 50.4 Å². The van der Waals surface area contributed by atoms with Crippen molar-refractivity contribution in [3.05, 3.63) is 102 Å². The van der Waals surface area contributed by atoms with Crippen molar-refractivity contribution in [2.45, 2.75) is 13.8 Å². The molecule has 0 radical (unpaired) electrons. The summed E-state index contributed by atoms with van der Waals surface area (Å²) in [5.74, 6) is 0. The number of para-hydroxylation sites is 1. The van der Waals surface area contributed by atoms with Gasteiger partial charge in [0, 0.05) is 28.3 Å². The molecule has 0 bridgehead atoms. The van der Waals surface area contributed by atoms with Gasteiger partial charge in [0.2, 0.25) is 0 Å². The van der Waals surface area contributed by atoms with E-state index in [1.54, 1.807) is 6.08 Å². The summed E-state index contributed by atoms with van der Waals surface area (Å²) in [6.07, 6.45) is 1.74. The highest BCUT2D eigenvalue weighted by Gasteiger charge is 2.08. The molecule has 3 nitrogen and oxygen atoms in total. The van der Waals surface area contributed by atoms with E-state index in [0.717, 1.165) is 39.5 Å². The van der Waals surface area contributed by atoms with Crippen LogP contribution in [0.25, 0.3) is 11.8 Å². The summed E-state index contributed by atoms with van der Waals surface area (Å²) in [5.41, 5.74) is 14.4. The number of nitrogen functional groups attached to an aromatic ring is 1. The zero-order valence-corrected chi connectivity index (χ0v) is 16.4. The van der Waals surface area contributed by atoms with Crippen molar-refractivity contribution in [1.29, 1.82) is 0 Å². The van der Waals surface area contributed by atoms with Crippen molar-refractivity contribution in [3.63, 3.8) is 0 Å². The zero-order valence-electron chi connectivity index (χ0n) is 16.4. The maximum atomic E-state index is 5.95. The second-order valence-corrected chi connectivity index (χ2v) is 6.73. The quantitative estimate of drug-likeness (QED) is 0.389. The normalized spacial score (nSPS) is 11.1. The van der Waals surface area contributed by atoms with Gasteiger partial charge in [-0.05, 0) is 55.3 Å². The molecule has 0 unspecified atom stereocenters. The van der Waals surface area contributed by atoms with E-state index in [1.807, 2.05) is 49.4 Å². The molecule has 3 aromatic carbocycles. The molecule has 0 saturated carbocycles. The number of hydrogen-bond donors (Lipinski definition) is 2. The van der Waals surface area contributed by atoms with Gasteiger partial charge in [0.1, 0.15) is 0 Å². The molecule has 0 heterocycles. The molecule has 0 aromatic heterocycles. The van der Waals surface area contributed by atoms with Crippen molar-refractivity contribution < 1.29 is 0 Å². The second kappa shape index (κ2) is 8.40. The molecule has 3 aromatic rings. The predicted octanol–water partition coefficient (Wildman–Crippen LogP) is 6.44. The van der Waals surface area contributed by atoms with E-state index in [0.29, 0.717) is 5.69 Å². The van der Waals surface area contributed by atoms with Crippen LogP contribution in [0, 0.1) is 6.92 Å². The van der Waals surface area contributed by atoms with Gasteiger partial charge < -0.3 is 11.1 Å². The molecule has 28 heavy (non-hydrogen) atoms. The van der Waals surface area contributed by atoms with E-state index >= 15 is 0 Å². The van der Waals surface area contributed by atoms with E-state index < -0.39 is 0 Å². The molecule has 0 aliphatic rings. The van der Waals surface area contributed by atoms with Crippen LogP contribution in [0.1, 0.15) is 29.2 Å². The molecule has 140 valence electrons. The van der Waals surface area contributed by atoms with Gasteiger partial charge in [0.05, 0.1) is 5.69 Å². The summed E-state index contributed by atoms with van der Waals surface area (Å²) in [6, 6.07) is 22.1. The number of nitrogens with two attached hydrogens (primary N) is 1. The predicted molar refractivity (Wildman–Crippen MR) is 123 cm³/mol. The van der Waals surface area contributed by atoms with Crippen molar-refractivity contribution in [1.82, 2.24) is 0 Å². The molecule has 0 saturated heterocycles. The third-order valence-corrected chi connectivity index (χ3v) is 4.56. The molecule has 0 atom stereocenters. The molecule has 0 fully saturated rings. The van der Waals surface area contributed by atoms with Crippen molar-refractivity contribution in [3.8, 4) is 0 Å². The van der Waals surface area contributed by atoms with E-state index in [4.69, 9.17) is 10.7 Å². The summed E-state index contributed by atoms with van der Waals surface area (Å²) in [6.45, 7) is 12.1. The number of nitrogens with zero attached hydrogens (tertiary/aromatic N) is 1. The lowest BCUT2D eigenvalue weighted by Gasteiger charge is -2.15. The lowest BCUT2D eigenvalue weighted by atomic mass is 10.1. The first-order valence-electron chi connectivity index (χ1n) is 9.17. The molecule has 0 aliphatic carbocycles. The van der Waals surface area contributed by atoms with Gasteiger partial charge in [-0.3, -0.25) is 4.99 Å². The molecule has 3 heteroatoms. The van der Waals surface area contributed by atoms with Gasteiger partial charge in [-0.15, -0.1) is 0 Å². The van der Waals surface area contributed by atoms with Gasteiger partial charge in [-0.1, -0.05) is 61.2 Å². The minimum atomic E-state index is 0.697. The maximum absolute atomic E-state index is 5.95. The second-order valence-electron chi connectivity index (χ2n) is 6.73. The van der Waals surface area contributed by atoms with E-state index in [2.05, 4.69) is 49.7 Å². The van der Waals surface area contributed by atoms with E-state index in [-0.39, 0.29) is 0 Å². The van der Waals surface area contributed by atoms with Crippen molar-refractivity contribution in [2.24, 2.45) is 4.99 Å². The van der Waals surface area contributed by atoms with Crippen LogP contribution in [0.15, 0.2) is 84.9 Å². The number of rotatable bonds is 6. The molecule has 3 N–H and O–H groups in total. The van der Waals surface area contributed by atoms with Crippen LogP contribution >= 0.6 is 0 Å². The summed E-state index contributed by atoms with van der Waals surface area (Å²) in [4.78, 5) is 4.78. The summed E-state index contributed by atoms with van der Waals surface area (Å²) >= 11 is 0. The summed E-state index contributed by atoms with van der Waals surface area (Å²) in [5, 5.41) is 3.44. The Morgan fingerprint density at radius 1 is 1.04 bits per heavy atom. The SMILES string of the molecule is C=Cc1cc(N=C(C)c2ccccc2NC(=C)c2cccc(C)c2)ccc1N. The van der Waals surface area contributed by atoms with Crippen LogP contribution in [0.2, 0.25) is 0 Å². The number of benzene rings is 3. The highest BCUT2D eigenvalue weighted by Crippen LogP contribution is 2.25. The fourth-order valence-corrected chi connectivity index (χ4v) is 3.04. The van der Waals surface area contributed by atoms with Crippen LogP contribution < -0.4 is 11.1 Å². The first-order valence-corrected chi connectivity index (χ1v) is 9.17. The first kappa shape index (κ1) is 19.2. The largest absolute Gasteiger partial charge is 0.398 e. The third kappa shape index (κ3) is 4.38. The monoisotopic (exact) mass is 367 g/mol. The lowest BCUT2D eigenvalue weighted by molar-refractivity contribution is 1.43. The van der Waals surface area contributed by atoms with Crippen LogP contribution in [0.3, 0.4) is 0 Å². The van der Waals surface area contributed by atoms with Crippen LogP contribution in [0.4, 0.5) is 17.1 Å². The molecule has 0 spiro atoms. The van der Waals surface area contributed by atoms with E-state index in [9.17, 15) is 0 Å². The molecule has 0 aliphatic heterocycles. The summed E-state index contributed by atoms with van der Waals surface area (Å²) < 4.78 is 0. The Balaban J connectivity index is 1.91. The van der Waals surface area contributed by atoms with Gasteiger partial charge in [-0.25, -0.2) is 0 Å². The van der Waals surface area contributed by atoms with Gasteiger partial charge in [0.25, 0.3) is 0 Å². The van der Waals surface area contributed by atoms with Crippen molar-refractivity contribution in [2.75, 3.05) is 11.1 Å². The van der Waals surface area contributed by atoms with Crippen LogP contribution in [0.5, 0.6) is 0 Å². The maximum Gasteiger partial charge on any atom is 0.0640 e. The standard InChI is InChI=1S/C25H25N3/c1-5-20-16-22(13-14-24(20)26)27-19(4)23-11-6-7-12-25(23)28-18(3)21-10-8-9-17(2)15-21/h5-16,28H,1,3,26H2,2,4H3. The minimum Gasteiger partial charge on any atom is -0.398 e. The van der Waals surface area contributed by atoms with Crippen LogP contribution in [-0.4, -0.2) is 5.71 Å². The molecular formula is C25H25N3. The number of aliphatic imine (C=N–C) groups is 1. The van der Waals surface area contributed by atoms with Gasteiger partial charge in [-0.2, -0.15) is 0 Å². The Bertz CT molecular complexity index is 1060. The van der Waals surface area contributed by atoms with Crippen LogP contribution in [-0.2, 0) is 0 Å². The molecular weight excluding hydrogens is 342 g/mol. The number of aryl methyl sites for hydroxylation is 1. The fourth-order valence-electron chi connectivity index (χ4n) is 3.04. The highest BCUT2D eigenvalue weighted by molar-refractivity contribution is 6.05. The molecule has 3 rings (SSSR count). The minimum absolute atomic E-state index is 0.697. The Kier molecular flexibility index (Phi) is 5.75. The van der Waals surface area contributed by atoms with Gasteiger partial charge >= 0.3 is 0 Å². The Morgan fingerprint density at radius 3 is 2.57 bits per heavy atom. The fraction of sp³-hybridized carbons (Fsp3) is 0.0800. The van der Waals surface area contributed by atoms with E-state index in [1.165, 1.54) is 5.56 Å². The first-order chi connectivity index (χ1) is 13.5. The number of anilines is 2.